The zero-order valence-corrected chi connectivity index (χ0v) is 12.8. The smallest absolute Gasteiger partial charge is 0.0470 e. The van der Waals surface area contributed by atoms with E-state index in [1.165, 1.54) is 16.7 Å². The second-order valence-electron chi connectivity index (χ2n) is 5.14. The second-order valence-corrected chi connectivity index (χ2v) is 5.58. The Morgan fingerprint density at radius 1 is 1.10 bits per heavy atom. The summed E-state index contributed by atoms with van der Waals surface area (Å²) < 4.78 is 0. The van der Waals surface area contributed by atoms with Gasteiger partial charge in [0.05, 0.1) is 0 Å². The normalized spacial score (nSPS) is 12.7. The van der Waals surface area contributed by atoms with Gasteiger partial charge in [-0.3, -0.25) is 4.90 Å². The molecule has 1 atom stereocenters. The van der Waals surface area contributed by atoms with Crippen molar-refractivity contribution >= 4 is 11.6 Å². The molecule has 2 aromatic carbocycles. The average Bonchev–Trinajstić information content (AvgIpc) is 2.44. The molecule has 20 heavy (non-hydrogen) atoms. The number of nitrogens with zero attached hydrogens (tertiary/aromatic N) is 1. The molecule has 0 aromatic heterocycles. The van der Waals surface area contributed by atoms with E-state index in [9.17, 15) is 0 Å². The van der Waals surface area contributed by atoms with Crippen molar-refractivity contribution in [2.75, 3.05) is 13.6 Å². The van der Waals surface area contributed by atoms with E-state index in [1.807, 2.05) is 24.3 Å². The molecule has 0 aliphatic heterocycles. The number of likely N-dealkylation sites (N-methyl/N-ethyl adjacent to an activating group) is 1. The van der Waals surface area contributed by atoms with Gasteiger partial charge in [0, 0.05) is 24.2 Å². The monoisotopic (exact) mass is 288 g/mol. The zero-order chi connectivity index (χ0) is 14.5. The van der Waals surface area contributed by atoms with E-state index in [1.54, 1.807) is 0 Å². The van der Waals surface area contributed by atoms with E-state index in [0.717, 1.165) is 11.6 Å². The predicted molar refractivity (Wildman–Crippen MR) is 85.9 cm³/mol. The van der Waals surface area contributed by atoms with Gasteiger partial charge in [0.25, 0.3) is 0 Å². The average molecular weight is 289 g/mol. The van der Waals surface area contributed by atoms with Crippen LogP contribution in [0.25, 0.3) is 0 Å². The van der Waals surface area contributed by atoms with Gasteiger partial charge < -0.3 is 5.73 Å². The van der Waals surface area contributed by atoms with E-state index in [-0.39, 0.29) is 6.04 Å². The minimum atomic E-state index is 0.201. The standard InChI is InChI=1S/C17H21ClN2/c1-13-5-3-4-6-15(13)12-20(2)17(11-19)14-7-9-16(18)10-8-14/h3-10,17H,11-12,19H2,1-2H3. The van der Waals surface area contributed by atoms with Crippen LogP contribution in [0.1, 0.15) is 22.7 Å². The molecular formula is C17H21ClN2. The first-order chi connectivity index (χ1) is 9.61. The highest BCUT2D eigenvalue weighted by molar-refractivity contribution is 6.30. The molecule has 0 saturated heterocycles. The van der Waals surface area contributed by atoms with Gasteiger partial charge in [-0.1, -0.05) is 48.0 Å². The van der Waals surface area contributed by atoms with Crippen LogP contribution >= 0.6 is 11.6 Å². The Labute approximate surface area is 126 Å². The van der Waals surface area contributed by atoms with Gasteiger partial charge in [0.15, 0.2) is 0 Å². The molecule has 0 saturated carbocycles. The lowest BCUT2D eigenvalue weighted by molar-refractivity contribution is 0.241. The summed E-state index contributed by atoms with van der Waals surface area (Å²) in [5, 5.41) is 0.756. The van der Waals surface area contributed by atoms with E-state index < -0.39 is 0 Å². The van der Waals surface area contributed by atoms with Crippen LogP contribution in [0.3, 0.4) is 0 Å². The Balaban J connectivity index is 2.15. The summed E-state index contributed by atoms with van der Waals surface area (Å²) >= 11 is 5.94. The van der Waals surface area contributed by atoms with Crippen LogP contribution < -0.4 is 5.73 Å². The molecule has 106 valence electrons. The van der Waals surface area contributed by atoms with Gasteiger partial charge in [-0.15, -0.1) is 0 Å². The molecule has 2 aromatic rings. The van der Waals surface area contributed by atoms with Gasteiger partial charge in [-0.05, 0) is 42.8 Å². The van der Waals surface area contributed by atoms with Gasteiger partial charge >= 0.3 is 0 Å². The van der Waals surface area contributed by atoms with Crippen LogP contribution in [0.2, 0.25) is 5.02 Å². The first-order valence-corrected chi connectivity index (χ1v) is 7.20. The van der Waals surface area contributed by atoms with Crippen molar-refractivity contribution in [3.63, 3.8) is 0 Å². The maximum absolute atomic E-state index is 5.96. The molecule has 0 aliphatic carbocycles. The van der Waals surface area contributed by atoms with E-state index in [0.29, 0.717) is 6.54 Å². The highest BCUT2D eigenvalue weighted by Crippen LogP contribution is 2.22. The lowest BCUT2D eigenvalue weighted by Crippen LogP contribution is -2.30. The summed E-state index contributed by atoms with van der Waals surface area (Å²) in [5.74, 6) is 0. The Morgan fingerprint density at radius 2 is 1.75 bits per heavy atom. The minimum absolute atomic E-state index is 0.201. The lowest BCUT2D eigenvalue weighted by atomic mass is 10.0. The maximum Gasteiger partial charge on any atom is 0.0470 e. The molecule has 2 rings (SSSR count). The summed E-state index contributed by atoms with van der Waals surface area (Å²) in [4.78, 5) is 2.28. The van der Waals surface area contributed by atoms with E-state index >= 15 is 0 Å². The first kappa shape index (κ1) is 15.0. The van der Waals surface area contributed by atoms with Crippen LogP contribution in [0.4, 0.5) is 0 Å². The van der Waals surface area contributed by atoms with Crippen molar-refractivity contribution in [1.82, 2.24) is 4.90 Å². The Kier molecular flexibility index (Phi) is 5.18. The number of nitrogens with two attached hydrogens (primary N) is 1. The summed E-state index contributed by atoms with van der Waals surface area (Å²) in [6.07, 6.45) is 0. The summed E-state index contributed by atoms with van der Waals surface area (Å²) in [5.41, 5.74) is 9.81. The lowest BCUT2D eigenvalue weighted by Gasteiger charge is -2.28. The molecule has 0 spiro atoms. The Hall–Kier alpha value is -1.35. The van der Waals surface area contributed by atoms with Crippen LogP contribution in [0, 0.1) is 6.92 Å². The summed E-state index contributed by atoms with van der Waals surface area (Å²) in [7, 11) is 2.11. The third-order valence-corrected chi connectivity index (χ3v) is 3.94. The fourth-order valence-electron chi connectivity index (χ4n) is 2.42. The van der Waals surface area contributed by atoms with Gasteiger partial charge in [-0.25, -0.2) is 0 Å². The van der Waals surface area contributed by atoms with Crippen LogP contribution in [-0.2, 0) is 6.54 Å². The number of benzene rings is 2. The van der Waals surface area contributed by atoms with Crippen LogP contribution in [-0.4, -0.2) is 18.5 Å². The molecule has 3 heteroatoms. The molecule has 0 bridgehead atoms. The third-order valence-electron chi connectivity index (χ3n) is 3.69. The number of halogens is 1. The number of hydrogen-bond acceptors (Lipinski definition) is 2. The molecule has 2 nitrogen and oxygen atoms in total. The third kappa shape index (κ3) is 3.60. The number of aryl methyl sites for hydroxylation is 1. The molecule has 2 N–H and O–H groups in total. The molecule has 1 unspecified atom stereocenters. The largest absolute Gasteiger partial charge is 0.329 e. The molecule has 0 radical (unpaired) electrons. The molecule has 0 aliphatic rings. The molecular weight excluding hydrogens is 268 g/mol. The highest BCUT2D eigenvalue weighted by Gasteiger charge is 2.16. The number of rotatable bonds is 5. The van der Waals surface area contributed by atoms with Crippen molar-refractivity contribution in [2.45, 2.75) is 19.5 Å². The predicted octanol–water partition coefficient (Wildman–Crippen LogP) is 3.78. The SMILES string of the molecule is Cc1ccccc1CN(C)C(CN)c1ccc(Cl)cc1. The topological polar surface area (TPSA) is 29.3 Å². The second kappa shape index (κ2) is 6.89. The number of hydrogen-bond donors (Lipinski definition) is 1. The Bertz CT molecular complexity index is 551. The quantitative estimate of drug-likeness (QED) is 0.907. The molecule has 0 heterocycles. The molecule has 0 fully saturated rings. The molecule has 0 amide bonds. The summed E-state index contributed by atoms with van der Waals surface area (Å²) in [6, 6.07) is 16.6. The van der Waals surface area contributed by atoms with Gasteiger partial charge in [-0.2, -0.15) is 0 Å². The first-order valence-electron chi connectivity index (χ1n) is 6.82. The van der Waals surface area contributed by atoms with Crippen molar-refractivity contribution in [3.05, 3.63) is 70.2 Å². The zero-order valence-electron chi connectivity index (χ0n) is 12.0. The van der Waals surface area contributed by atoms with Crippen molar-refractivity contribution in [2.24, 2.45) is 5.73 Å². The van der Waals surface area contributed by atoms with Crippen LogP contribution in [0.5, 0.6) is 0 Å². The van der Waals surface area contributed by atoms with Crippen LogP contribution in [0.15, 0.2) is 48.5 Å². The van der Waals surface area contributed by atoms with E-state index in [2.05, 4.69) is 43.1 Å². The van der Waals surface area contributed by atoms with Gasteiger partial charge in [0.2, 0.25) is 0 Å². The Morgan fingerprint density at radius 3 is 2.35 bits per heavy atom. The van der Waals surface area contributed by atoms with Crippen molar-refractivity contribution < 1.29 is 0 Å². The van der Waals surface area contributed by atoms with Crippen molar-refractivity contribution in [1.29, 1.82) is 0 Å². The van der Waals surface area contributed by atoms with Crippen molar-refractivity contribution in [3.8, 4) is 0 Å². The maximum atomic E-state index is 5.96. The minimum Gasteiger partial charge on any atom is -0.329 e. The fraction of sp³-hybridized carbons (Fsp3) is 0.294. The fourth-order valence-corrected chi connectivity index (χ4v) is 2.55. The van der Waals surface area contributed by atoms with E-state index in [4.69, 9.17) is 17.3 Å². The van der Waals surface area contributed by atoms with Gasteiger partial charge in [0.1, 0.15) is 0 Å². The highest BCUT2D eigenvalue weighted by atomic mass is 35.5. The summed E-state index contributed by atoms with van der Waals surface area (Å²) in [6.45, 7) is 3.62.